The van der Waals surface area contributed by atoms with Crippen molar-refractivity contribution in [1.29, 1.82) is 0 Å². The van der Waals surface area contributed by atoms with E-state index in [1.54, 1.807) is 0 Å². The van der Waals surface area contributed by atoms with Crippen LogP contribution in [0.15, 0.2) is 0 Å². The second-order valence-electron chi connectivity index (χ2n) is 2.82. The Morgan fingerprint density at radius 2 is 1.78 bits per heavy atom. The maximum atomic E-state index is 12.7. The molecule has 0 unspecified atom stereocenters. The van der Waals surface area contributed by atoms with E-state index in [1.807, 2.05) is 0 Å². The average Bonchev–Trinajstić information content (AvgIpc) is 1.99. The third-order valence-electron chi connectivity index (χ3n) is 1.98. The Bertz CT molecular complexity index is 75.0. The number of nitrogens with two attached hydrogens (primary N) is 1. The smallest absolute Gasteiger partial charge is 0.115 e. The number of halogens is 1. The maximum Gasteiger partial charge on any atom is 0.115 e. The molecule has 0 heterocycles. The second-order valence-corrected chi connectivity index (χ2v) is 2.82. The van der Waals surface area contributed by atoms with Gasteiger partial charge in [0, 0.05) is 6.04 Å². The van der Waals surface area contributed by atoms with Crippen molar-refractivity contribution in [2.24, 2.45) is 5.73 Å². The molecule has 2 atom stereocenters. The molecule has 0 amide bonds. The zero-order chi connectivity index (χ0) is 6.69. The van der Waals surface area contributed by atoms with Gasteiger partial charge in [0.15, 0.2) is 0 Å². The van der Waals surface area contributed by atoms with Crippen molar-refractivity contribution in [2.45, 2.75) is 44.3 Å². The van der Waals surface area contributed by atoms with Crippen molar-refractivity contribution in [3.8, 4) is 0 Å². The molecule has 0 spiro atoms. The van der Waals surface area contributed by atoms with Crippen LogP contribution in [0.5, 0.6) is 0 Å². The van der Waals surface area contributed by atoms with Crippen LogP contribution < -0.4 is 5.73 Å². The Balaban J connectivity index is 2.32. The first kappa shape index (κ1) is 7.00. The van der Waals surface area contributed by atoms with Gasteiger partial charge in [-0.05, 0) is 12.8 Å². The molecule has 2 N–H and O–H groups in total. The molecule has 0 aromatic carbocycles. The first-order valence-corrected chi connectivity index (χ1v) is 3.70. The minimum atomic E-state index is -0.729. The standard InChI is InChI=1S/C7H14FN/c8-6-4-2-1-3-5-7(6)9/h6-7H,1-5,9H2/t6-,7+/m1/s1. The lowest BCUT2D eigenvalue weighted by Gasteiger charge is -2.10. The highest BCUT2D eigenvalue weighted by Crippen LogP contribution is 2.18. The van der Waals surface area contributed by atoms with E-state index < -0.39 is 6.17 Å². The van der Waals surface area contributed by atoms with Crippen LogP contribution in [0.25, 0.3) is 0 Å². The van der Waals surface area contributed by atoms with E-state index in [-0.39, 0.29) is 6.04 Å². The molecule has 54 valence electrons. The zero-order valence-corrected chi connectivity index (χ0v) is 5.65. The number of rotatable bonds is 0. The largest absolute Gasteiger partial charge is 0.325 e. The van der Waals surface area contributed by atoms with Crippen molar-refractivity contribution >= 4 is 0 Å². The monoisotopic (exact) mass is 131 g/mol. The Kier molecular flexibility index (Phi) is 2.46. The molecule has 0 bridgehead atoms. The van der Waals surface area contributed by atoms with Gasteiger partial charge in [-0.2, -0.15) is 0 Å². The molecule has 1 nitrogen and oxygen atoms in total. The van der Waals surface area contributed by atoms with E-state index in [9.17, 15) is 4.39 Å². The van der Waals surface area contributed by atoms with E-state index in [0.29, 0.717) is 6.42 Å². The molecular formula is C7H14FN. The predicted molar refractivity (Wildman–Crippen MR) is 36.0 cm³/mol. The summed E-state index contributed by atoms with van der Waals surface area (Å²) in [6.45, 7) is 0. The van der Waals surface area contributed by atoms with E-state index in [2.05, 4.69) is 0 Å². The van der Waals surface area contributed by atoms with Crippen LogP contribution in [-0.2, 0) is 0 Å². The maximum absolute atomic E-state index is 12.7. The molecule has 0 aromatic heterocycles. The summed E-state index contributed by atoms with van der Waals surface area (Å²) in [5.41, 5.74) is 5.50. The predicted octanol–water partition coefficient (Wildman–Crippen LogP) is 1.62. The van der Waals surface area contributed by atoms with Crippen LogP contribution in [0.3, 0.4) is 0 Å². The molecule has 0 aromatic rings. The first-order valence-electron chi connectivity index (χ1n) is 3.70. The van der Waals surface area contributed by atoms with Crippen LogP contribution in [0, 0.1) is 0 Å². The summed E-state index contributed by atoms with van der Waals surface area (Å²) in [4.78, 5) is 0. The van der Waals surface area contributed by atoms with Crippen LogP contribution in [-0.4, -0.2) is 12.2 Å². The molecule has 0 radical (unpaired) electrons. The summed E-state index contributed by atoms with van der Waals surface area (Å²) in [6.07, 6.45) is 4.12. The van der Waals surface area contributed by atoms with Gasteiger partial charge in [-0.1, -0.05) is 19.3 Å². The number of hydrogen-bond acceptors (Lipinski definition) is 1. The molecule has 2 heteroatoms. The van der Waals surface area contributed by atoms with Gasteiger partial charge in [0.25, 0.3) is 0 Å². The normalized spacial score (nSPS) is 38.0. The lowest BCUT2D eigenvalue weighted by molar-refractivity contribution is 0.268. The van der Waals surface area contributed by atoms with Gasteiger partial charge in [0.2, 0.25) is 0 Å². The van der Waals surface area contributed by atoms with Crippen molar-refractivity contribution in [3.05, 3.63) is 0 Å². The van der Waals surface area contributed by atoms with Gasteiger partial charge in [-0.15, -0.1) is 0 Å². The van der Waals surface area contributed by atoms with E-state index >= 15 is 0 Å². The summed E-state index contributed by atoms with van der Waals surface area (Å²) in [5, 5.41) is 0. The number of alkyl halides is 1. The molecule has 1 aliphatic carbocycles. The summed E-state index contributed by atoms with van der Waals surface area (Å²) < 4.78 is 12.7. The number of hydrogen-bond donors (Lipinski definition) is 1. The fourth-order valence-electron chi connectivity index (χ4n) is 1.29. The lowest BCUT2D eigenvalue weighted by Crippen LogP contribution is -2.29. The molecule has 1 fully saturated rings. The van der Waals surface area contributed by atoms with Gasteiger partial charge in [0.05, 0.1) is 0 Å². The highest BCUT2D eigenvalue weighted by atomic mass is 19.1. The Labute approximate surface area is 55.4 Å². The van der Waals surface area contributed by atoms with Gasteiger partial charge >= 0.3 is 0 Å². The van der Waals surface area contributed by atoms with Crippen LogP contribution in [0.2, 0.25) is 0 Å². The van der Waals surface area contributed by atoms with Crippen molar-refractivity contribution < 1.29 is 4.39 Å². The Morgan fingerprint density at radius 3 is 2.56 bits per heavy atom. The topological polar surface area (TPSA) is 26.0 Å². The van der Waals surface area contributed by atoms with Crippen molar-refractivity contribution in [2.75, 3.05) is 0 Å². The van der Waals surface area contributed by atoms with Crippen LogP contribution >= 0.6 is 0 Å². The molecule has 1 aliphatic rings. The van der Waals surface area contributed by atoms with E-state index in [1.165, 1.54) is 0 Å². The summed E-state index contributed by atoms with van der Waals surface area (Å²) in [7, 11) is 0. The first-order chi connectivity index (χ1) is 4.30. The molecular weight excluding hydrogens is 117 g/mol. The summed E-state index contributed by atoms with van der Waals surface area (Å²) in [6, 6.07) is -0.174. The van der Waals surface area contributed by atoms with Gasteiger partial charge in [0.1, 0.15) is 6.17 Å². The van der Waals surface area contributed by atoms with E-state index in [0.717, 1.165) is 25.7 Å². The zero-order valence-electron chi connectivity index (χ0n) is 5.65. The molecule has 0 aliphatic heterocycles. The molecule has 1 saturated carbocycles. The van der Waals surface area contributed by atoms with E-state index in [4.69, 9.17) is 5.73 Å². The quantitative estimate of drug-likeness (QED) is 0.497. The Morgan fingerprint density at radius 1 is 1.11 bits per heavy atom. The minimum absolute atomic E-state index is 0.174. The fraction of sp³-hybridized carbons (Fsp3) is 1.00. The molecule has 0 saturated heterocycles. The minimum Gasteiger partial charge on any atom is -0.325 e. The third-order valence-corrected chi connectivity index (χ3v) is 1.98. The van der Waals surface area contributed by atoms with Crippen molar-refractivity contribution in [1.82, 2.24) is 0 Å². The Hall–Kier alpha value is -0.110. The van der Waals surface area contributed by atoms with Crippen molar-refractivity contribution in [3.63, 3.8) is 0 Å². The average molecular weight is 131 g/mol. The molecule has 9 heavy (non-hydrogen) atoms. The van der Waals surface area contributed by atoms with Crippen LogP contribution in [0.4, 0.5) is 4.39 Å². The van der Waals surface area contributed by atoms with Gasteiger partial charge in [-0.25, -0.2) is 4.39 Å². The van der Waals surface area contributed by atoms with Crippen LogP contribution in [0.1, 0.15) is 32.1 Å². The summed E-state index contributed by atoms with van der Waals surface area (Å²) >= 11 is 0. The highest BCUT2D eigenvalue weighted by molar-refractivity contribution is 4.75. The second kappa shape index (κ2) is 3.16. The lowest BCUT2D eigenvalue weighted by atomic mass is 10.1. The summed E-state index contributed by atoms with van der Waals surface area (Å²) in [5.74, 6) is 0. The molecule has 1 rings (SSSR count). The van der Waals surface area contributed by atoms with Gasteiger partial charge in [-0.3, -0.25) is 0 Å². The van der Waals surface area contributed by atoms with Gasteiger partial charge < -0.3 is 5.73 Å². The highest BCUT2D eigenvalue weighted by Gasteiger charge is 2.18. The SMILES string of the molecule is N[C@H]1CCCCC[C@H]1F. The third kappa shape index (κ3) is 1.94. The fourth-order valence-corrected chi connectivity index (χ4v) is 1.29.